The van der Waals surface area contributed by atoms with E-state index in [4.69, 9.17) is 5.73 Å². The van der Waals surface area contributed by atoms with Gasteiger partial charge < -0.3 is 10.3 Å². The van der Waals surface area contributed by atoms with Crippen LogP contribution in [0.25, 0.3) is 10.9 Å². The van der Waals surface area contributed by atoms with E-state index in [0.717, 1.165) is 22.0 Å². The van der Waals surface area contributed by atoms with Crippen molar-refractivity contribution in [2.75, 3.05) is 0 Å². The molecule has 156 valence electrons. The van der Waals surface area contributed by atoms with Crippen LogP contribution in [0.3, 0.4) is 0 Å². The summed E-state index contributed by atoms with van der Waals surface area (Å²) >= 11 is 0. The first-order chi connectivity index (χ1) is 14.2. The molecule has 1 heterocycles. The number of amides is 2. The Morgan fingerprint density at radius 1 is 1.10 bits per heavy atom. The Kier molecular flexibility index (Phi) is 6.35. The highest BCUT2D eigenvalue weighted by Gasteiger charge is 2.13. The number of carbonyl (C=O) groups is 2. The summed E-state index contributed by atoms with van der Waals surface area (Å²) in [6.07, 6.45) is 4.07. The quantitative estimate of drug-likeness (QED) is 0.466. The van der Waals surface area contributed by atoms with Gasteiger partial charge in [-0.1, -0.05) is 63.2 Å². The van der Waals surface area contributed by atoms with E-state index in [1.54, 1.807) is 6.21 Å². The number of aryl methyl sites for hydroxylation is 1. The van der Waals surface area contributed by atoms with Gasteiger partial charge in [0, 0.05) is 35.6 Å². The Hall–Kier alpha value is -3.41. The van der Waals surface area contributed by atoms with E-state index in [-0.39, 0.29) is 30.1 Å². The smallest absolute Gasteiger partial charge is 0.244 e. The van der Waals surface area contributed by atoms with E-state index in [0.29, 0.717) is 6.54 Å². The SMILES string of the molecule is CC(C)(C)c1ccc(CC(=O)N/N=C/c2cn(CCC(N)=O)c3ccccc23)cc1. The van der Waals surface area contributed by atoms with Gasteiger partial charge in [-0.2, -0.15) is 5.10 Å². The second kappa shape index (κ2) is 8.95. The highest BCUT2D eigenvalue weighted by molar-refractivity contribution is 5.99. The fourth-order valence-electron chi connectivity index (χ4n) is 3.32. The van der Waals surface area contributed by atoms with Gasteiger partial charge in [-0.25, -0.2) is 5.43 Å². The highest BCUT2D eigenvalue weighted by Crippen LogP contribution is 2.22. The molecule has 3 rings (SSSR count). The number of nitrogens with two attached hydrogens (primary N) is 1. The summed E-state index contributed by atoms with van der Waals surface area (Å²) in [5.41, 5.74) is 12.0. The molecule has 2 amide bonds. The van der Waals surface area contributed by atoms with E-state index in [1.807, 2.05) is 47.2 Å². The molecule has 0 saturated carbocycles. The highest BCUT2D eigenvalue weighted by atomic mass is 16.2. The standard InChI is InChI=1S/C24H28N4O2/c1-24(2,3)19-10-8-17(9-11-19)14-23(30)27-26-15-18-16-28(13-12-22(25)29)21-7-5-4-6-20(18)21/h4-11,15-16H,12-14H2,1-3H3,(H2,25,29)(H,27,30)/b26-15+. The molecule has 0 aliphatic heterocycles. The largest absolute Gasteiger partial charge is 0.370 e. The van der Waals surface area contributed by atoms with Crippen LogP contribution < -0.4 is 11.2 Å². The van der Waals surface area contributed by atoms with E-state index in [1.165, 1.54) is 5.56 Å². The van der Waals surface area contributed by atoms with Gasteiger partial charge in [-0.3, -0.25) is 9.59 Å². The third-order valence-electron chi connectivity index (χ3n) is 5.00. The van der Waals surface area contributed by atoms with E-state index >= 15 is 0 Å². The number of benzene rings is 2. The molecule has 3 aromatic rings. The monoisotopic (exact) mass is 404 g/mol. The summed E-state index contributed by atoms with van der Waals surface area (Å²) in [5.74, 6) is -0.516. The second-order valence-electron chi connectivity index (χ2n) is 8.43. The number of aromatic nitrogens is 1. The van der Waals surface area contributed by atoms with Gasteiger partial charge in [0.05, 0.1) is 12.6 Å². The molecule has 1 aromatic heterocycles. The minimum Gasteiger partial charge on any atom is -0.370 e. The van der Waals surface area contributed by atoms with Gasteiger partial charge in [-0.05, 0) is 22.6 Å². The zero-order valence-electron chi connectivity index (χ0n) is 17.7. The van der Waals surface area contributed by atoms with Crippen LogP contribution in [0.1, 0.15) is 43.9 Å². The molecule has 6 nitrogen and oxygen atoms in total. The first-order valence-corrected chi connectivity index (χ1v) is 10.0. The lowest BCUT2D eigenvalue weighted by atomic mass is 9.86. The molecule has 3 N–H and O–H groups in total. The van der Waals surface area contributed by atoms with Crippen molar-refractivity contribution in [1.82, 2.24) is 9.99 Å². The number of carbonyl (C=O) groups excluding carboxylic acids is 2. The van der Waals surface area contributed by atoms with Crippen molar-refractivity contribution in [1.29, 1.82) is 0 Å². The van der Waals surface area contributed by atoms with Crippen molar-refractivity contribution in [3.63, 3.8) is 0 Å². The minimum atomic E-state index is -0.342. The number of hydrazone groups is 1. The summed E-state index contributed by atoms with van der Waals surface area (Å²) in [6, 6.07) is 15.9. The van der Waals surface area contributed by atoms with E-state index in [2.05, 4.69) is 43.4 Å². The van der Waals surface area contributed by atoms with Crippen LogP contribution >= 0.6 is 0 Å². The number of nitrogens with one attached hydrogen (secondary N) is 1. The van der Waals surface area contributed by atoms with Gasteiger partial charge >= 0.3 is 0 Å². The Morgan fingerprint density at radius 2 is 1.80 bits per heavy atom. The number of primary amides is 1. The molecule has 0 atom stereocenters. The Balaban J connectivity index is 1.65. The van der Waals surface area contributed by atoms with Crippen LogP contribution in [0.2, 0.25) is 0 Å². The molecular formula is C24H28N4O2. The molecule has 0 unspecified atom stereocenters. The summed E-state index contributed by atoms with van der Waals surface area (Å²) in [5, 5.41) is 5.12. The number of rotatable bonds is 7. The molecule has 0 fully saturated rings. The number of fused-ring (bicyclic) bond motifs is 1. The molecule has 0 bridgehead atoms. The third-order valence-corrected chi connectivity index (χ3v) is 5.00. The number of para-hydroxylation sites is 1. The lowest BCUT2D eigenvalue weighted by Gasteiger charge is -2.19. The molecule has 0 radical (unpaired) electrons. The minimum absolute atomic E-state index is 0.0850. The molecule has 2 aromatic carbocycles. The van der Waals surface area contributed by atoms with Crippen molar-refractivity contribution in [3.05, 3.63) is 71.4 Å². The number of hydrogen-bond acceptors (Lipinski definition) is 3. The van der Waals surface area contributed by atoms with Gasteiger partial charge in [-0.15, -0.1) is 0 Å². The van der Waals surface area contributed by atoms with E-state index < -0.39 is 0 Å². The maximum atomic E-state index is 12.2. The maximum absolute atomic E-state index is 12.2. The van der Waals surface area contributed by atoms with Crippen LogP contribution in [0.5, 0.6) is 0 Å². The Morgan fingerprint density at radius 3 is 2.47 bits per heavy atom. The zero-order chi connectivity index (χ0) is 21.7. The fourth-order valence-corrected chi connectivity index (χ4v) is 3.32. The third kappa shape index (κ3) is 5.35. The van der Waals surface area contributed by atoms with Crippen molar-refractivity contribution in [2.45, 2.75) is 45.6 Å². The lowest BCUT2D eigenvalue weighted by molar-refractivity contribution is -0.120. The first-order valence-electron chi connectivity index (χ1n) is 10.0. The molecule has 0 spiro atoms. The summed E-state index contributed by atoms with van der Waals surface area (Å²) in [7, 11) is 0. The predicted octanol–water partition coefficient (Wildman–Crippen LogP) is 3.51. The Bertz CT molecular complexity index is 1070. The maximum Gasteiger partial charge on any atom is 0.244 e. The van der Waals surface area contributed by atoms with Gasteiger partial charge in [0.25, 0.3) is 0 Å². The van der Waals surface area contributed by atoms with Crippen LogP contribution in [0.4, 0.5) is 0 Å². The van der Waals surface area contributed by atoms with Gasteiger partial charge in [0.1, 0.15) is 0 Å². The van der Waals surface area contributed by atoms with Crippen LogP contribution in [-0.2, 0) is 28.0 Å². The average molecular weight is 405 g/mol. The molecule has 30 heavy (non-hydrogen) atoms. The summed E-state index contributed by atoms with van der Waals surface area (Å²) < 4.78 is 1.97. The molecule has 0 aliphatic carbocycles. The van der Waals surface area contributed by atoms with E-state index in [9.17, 15) is 9.59 Å². The van der Waals surface area contributed by atoms with Crippen molar-refractivity contribution in [3.8, 4) is 0 Å². The Labute approximate surface area is 176 Å². The predicted molar refractivity (Wildman–Crippen MR) is 120 cm³/mol. The average Bonchev–Trinajstić information content (AvgIpc) is 3.04. The lowest BCUT2D eigenvalue weighted by Crippen LogP contribution is -2.20. The van der Waals surface area contributed by atoms with Gasteiger partial charge in [0.15, 0.2) is 0 Å². The summed E-state index contributed by atoms with van der Waals surface area (Å²) in [4.78, 5) is 23.4. The number of nitrogens with zero attached hydrogens (tertiary/aromatic N) is 2. The van der Waals surface area contributed by atoms with Crippen LogP contribution in [0.15, 0.2) is 59.8 Å². The summed E-state index contributed by atoms with van der Waals surface area (Å²) in [6.45, 7) is 6.98. The fraction of sp³-hybridized carbons (Fsp3) is 0.292. The van der Waals surface area contributed by atoms with Crippen molar-refractivity contribution < 1.29 is 9.59 Å². The molecule has 0 saturated heterocycles. The van der Waals surface area contributed by atoms with Gasteiger partial charge in [0.2, 0.25) is 11.8 Å². The topological polar surface area (TPSA) is 89.5 Å². The first kappa shape index (κ1) is 21.3. The second-order valence-corrected chi connectivity index (χ2v) is 8.43. The van der Waals surface area contributed by atoms with Crippen molar-refractivity contribution >= 4 is 28.9 Å². The molecule has 6 heteroatoms. The zero-order valence-corrected chi connectivity index (χ0v) is 17.7. The normalized spacial score (nSPS) is 11.8. The van der Waals surface area contributed by atoms with Crippen LogP contribution in [-0.4, -0.2) is 22.6 Å². The van der Waals surface area contributed by atoms with Crippen LogP contribution in [0, 0.1) is 0 Å². The molecular weight excluding hydrogens is 376 g/mol. The number of hydrogen-bond donors (Lipinski definition) is 2. The van der Waals surface area contributed by atoms with Crippen molar-refractivity contribution in [2.24, 2.45) is 10.8 Å². The molecule has 0 aliphatic rings.